The Morgan fingerprint density at radius 3 is 2.17 bits per heavy atom. The van der Waals surface area contributed by atoms with E-state index in [2.05, 4.69) is 0 Å². The first-order chi connectivity index (χ1) is 2.77. The van der Waals surface area contributed by atoms with Crippen LogP contribution >= 0.6 is 17.8 Å². The van der Waals surface area contributed by atoms with Crippen LogP contribution in [0.15, 0.2) is 0 Å². The molecule has 1 nitrogen and oxygen atoms in total. The average Bonchev–Trinajstić information content (AvgIpc) is 1.35. The summed E-state index contributed by atoms with van der Waals surface area (Å²) in [6.45, 7) is 2.53. The zero-order valence-corrected chi connectivity index (χ0v) is 7.74. The zero-order valence-electron chi connectivity index (χ0n) is 3.37. The zero-order chi connectivity index (χ0) is 4.99. The summed E-state index contributed by atoms with van der Waals surface area (Å²) in [7, 11) is 10.6. The van der Waals surface area contributed by atoms with E-state index in [0.717, 1.165) is 0 Å². The fourth-order valence-electron chi connectivity index (χ4n) is 0.109. The van der Waals surface area contributed by atoms with Gasteiger partial charge in [-0.3, -0.25) is 0 Å². The number of hydrogen-bond donors (Lipinski definition) is 0. The third-order valence-corrected chi connectivity index (χ3v) is 3.16. The van der Waals surface area contributed by atoms with Gasteiger partial charge in [0.2, 0.25) is 0 Å². The molecule has 0 aliphatic heterocycles. The third kappa shape index (κ3) is 5.34. The quantitative estimate of drug-likeness (QED) is 0.658. The molecule has 0 fully saturated rings. The number of hydrogen-bond acceptors (Lipinski definition) is 1. The Kier molecular flexibility index (Phi) is 5.50. The van der Waals surface area contributed by atoms with Crippen molar-refractivity contribution in [3.63, 3.8) is 0 Å². The van der Waals surface area contributed by atoms with E-state index < -0.39 is 17.9 Å². The molecule has 1 radical (unpaired) electrons. The molecule has 37 valence electrons. The van der Waals surface area contributed by atoms with Crippen LogP contribution < -0.4 is 0 Å². The summed E-state index contributed by atoms with van der Waals surface area (Å²) in [5.74, 6) is 0. The molecule has 6 heavy (non-hydrogen) atoms. The Morgan fingerprint density at radius 1 is 1.67 bits per heavy atom. The molecule has 0 N–H and O–H groups in total. The first kappa shape index (κ1) is 7.34. The Hall–Kier alpha value is 1.34. The summed E-state index contributed by atoms with van der Waals surface area (Å²) in [6, 6.07) is 0. The van der Waals surface area contributed by atoms with Gasteiger partial charge in [0.15, 0.2) is 0 Å². The Bertz CT molecular complexity index is 32.7. The van der Waals surface area contributed by atoms with Gasteiger partial charge in [-0.1, -0.05) is 0 Å². The molecule has 0 amide bonds. The standard InChI is InChI=1S/C2H5O.2ClH.Sn/c1-2-3;;;/h2H2,1H3;2*1H;/q-1;;;+3/p-2. The SMILES string of the molecule is CC[O][Sn]([Cl])[Cl]. The Morgan fingerprint density at radius 2 is 2.17 bits per heavy atom. The van der Waals surface area contributed by atoms with Crippen molar-refractivity contribution in [2.75, 3.05) is 6.61 Å². The first-order valence-electron chi connectivity index (χ1n) is 1.58. The summed E-state index contributed by atoms with van der Waals surface area (Å²) in [5.41, 5.74) is 0. The van der Waals surface area contributed by atoms with E-state index in [1.165, 1.54) is 0 Å². The fourth-order valence-corrected chi connectivity index (χ4v) is 2.20. The minimum absolute atomic E-state index is 0.655. The van der Waals surface area contributed by atoms with E-state index in [4.69, 9.17) is 20.9 Å². The molecule has 0 saturated carbocycles. The molecular weight excluding hydrogens is 230 g/mol. The summed E-state index contributed by atoms with van der Waals surface area (Å²) < 4.78 is 4.77. The van der Waals surface area contributed by atoms with Crippen molar-refractivity contribution in [3.05, 3.63) is 0 Å². The second-order valence-electron chi connectivity index (χ2n) is 0.659. The van der Waals surface area contributed by atoms with E-state index >= 15 is 0 Å². The number of halogens is 2. The normalized spacial score (nSPS) is 10.0. The third-order valence-electron chi connectivity index (χ3n) is 0.253. The number of rotatable bonds is 2. The van der Waals surface area contributed by atoms with Crippen LogP contribution in [-0.4, -0.2) is 24.5 Å². The van der Waals surface area contributed by atoms with E-state index in [0.29, 0.717) is 6.61 Å². The van der Waals surface area contributed by atoms with Crippen molar-refractivity contribution < 1.29 is 3.07 Å². The van der Waals surface area contributed by atoms with Gasteiger partial charge >= 0.3 is 52.4 Å². The molecule has 0 heterocycles. The molecular formula is C2H5Cl2OSn. The summed E-state index contributed by atoms with van der Waals surface area (Å²) >= 11 is -2.17. The maximum absolute atomic E-state index is 5.32. The van der Waals surface area contributed by atoms with Crippen LogP contribution in [0.3, 0.4) is 0 Å². The molecule has 0 aliphatic carbocycles. The molecule has 0 rings (SSSR count). The summed E-state index contributed by atoms with van der Waals surface area (Å²) in [6.07, 6.45) is 0. The van der Waals surface area contributed by atoms with Gasteiger partial charge in [0, 0.05) is 0 Å². The van der Waals surface area contributed by atoms with Crippen LogP contribution in [0.5, 0.6) is 0 Å². The van der Waals surface area contributed by atoms with Crippen molar-refractivity contribution in [2.45, 2.75) is 6.92 Å². The molecule has 0 aliphatic rings. The molecule has 0 aromatic rings. The van der Waals surface area contributed by atoms with Gasteiger partial charge in [0.25, 0.3) is 0 Å². The van der Waals surface area contributed by atoms with Crippen LogP contribution in [0.2, 0.25) is 0 Å². The van der Waals surface area contributed by atoms with Crippen molar-refractivity contribution >= 4 is 35.8 Å². The molecule has 0 bridgehead atoms. The topological polar surface area (TPSA) is 9.23 Å². The van der Waals surface area contributed by atoms with Crippen LogP contribution in [0.4, 0.5) is 0 Å². The monoisotopic (exact) mass is 235 g/mol. The van der Waals surface area contributed by atoms with Gasteiger partial charge in [-0.25, -0.2) is 0 Å². The predicted octanol–water partition coefficient (Wildman–Crippen LogP) is 1.49. The first-order valence-corrected chi connectivity index (χ1v) is 9.97. The van der Waals surface area contributed by atoms with Gasteiger partial charge in [-0.2, -0.15) is 0 Å². The van der Waals surface area contributed by atoms with Crippen LogP contribution in [-0.2, 0) is 3.07 Å². The van der Waals surface area contributed by atoms with Crippen molar-refractivity contribution in [2.24, 2.45) is 0 Å². The van der Waals surface area contributed by atoms with Crippen molar-refractivity contribution in [1.82, 2.24) is 0 Å². The molecule has 0 saturated heterocycles. The molecule has 0 aromatic carbocycles. The molecule has 0 spiro atoms. The van der Waals surface area contributed by atoms with E-state index in [1.807, 2.05) is 6.92 Å². The Labute approximate surface area is 52.3 Å². The maximum atomic E-state index is 5.32. The summed E-state index contributed by atoms with van der Waals surface area (Å²) in [5, 5.41) is 0. The van der Waals surface area contributed by atoms with Crippen molar-refractivity contribution in [3.8, 4) is 0 Å². The van der Waals surface area contributed by atoms with E-state index in [1.54, 1.807) is 0 Å². The van der Waals surface area contributed by atoms with Gasteiger partial charge in [-0.05, 0) is 0 Å². The average molecular weight is 235 g/mol. The van der Waals surface area contributed by atoms with Crippen LogP contribution in [0, 0.1) is 0 Å². The van der Waals surface area contributed by atoms with Crippen molar-refractivity contribution in [1.29, 1.82) is 0 Å². The molecule has 0 unspecified atom stereocenters. The minimum atomic E-state index is -2.17. The van der Waals surface area contributed by atoms with Gasteiger partial charge in [-0.15, -0.1) is 0 Å². The second kappa shape index (κ2) is 4.50. The van der Waals surface area contributed by atoms with Gasteiger partial charge in [0.05, 0.1) is 0 Å². The molecule has 0 atom stereocenters. The van der Waals surface area contributed by atoms with E-state index in [-0.39, 0.29) is 0 Å². The molecule has 0 aromatic heterocycles. The van der Waals surface area contributed by atoms with E-state index in [9.17, 15) is 0 Å². The Balaban J connectivity index is 2.63. The van der Waals surface area contributed by atoms with Crippen LogP contribution in [0.1, 0.15) is 6.92 Å². The second-order valence-corrected chi connectivity index (χ2v) is 8.67. The molecule has 4 heteroatoms. The predicted molar refractivity (Wildman–Crippen MR) is 29.1 cm³/mol. The van der Waals surface area contributed by atoms with Gasteiger partial charge in [0.1, 0.15) is 0 Å². The van der Waals surface area contributed by atoms with Crippen LogP contribution in [0.25, 0.3) is 0 Å². The summed E-state index contributed by atoms with van der Waals surface area (Å²) in [4.78, 5) is 0. The fraction of sp³-hybridized carbons (Fsp3) is 1.00. The van der Waals surface area contributed by atoms with Gasteiger partial charge < -0.3 is 0 Å².